The van der Waals surface area contributed by atoms with Crippen molar-refractivity contribution >= 4 is 48.8 Å². The summed E-state index contributed by atoms with van der Waals surface area (Å²) in [6.07, 6.45) is 0. The molecule has 0 atom stereocenters. The summed E-state index contributed by atoms with van der Waals surface area (Å²) in [7, 11) is 4.26. The van der Waals surface area contributed by atoms with Gasteiger partial charge in [-0.15, -0.1) is 48.8 Å². The number of alkyl halides is 1. The third-order valence-corrected chi connectivity index (χ3v) is 2.90. The monoisotopic (exact) mass is 345 g/mol. The Hall–Kier alpha value is 1.00. The molecule has 0 aromatic rings. The van der Waals surface area contributed by atoms with Gasteiger partial charge in [0, 0.05) is 51.7 Å². The molecular formula is C10H27Cl4N3O. The molecular weight excluding hydrogens is 320 g/mol. The van der Waals surface area contributed by atoms with Crippen LogP contribution in [0, 0.1) is 0 Å². The average molecular weight is 347 g/mol. The van der Waals surface area contributed by atoms with Gasteiger partial charge >= 0.3 is 0 Å². The maximum absolute atomic E-state index is 5.71. The van der Waals surface area contributed by atoms with Gasteiger partial charge in [-0.05, 0) is 14.1 Å². The molecule has 1 saturated heterocycles. The van der Waals surface area contributed by atoms with Crippen molar-refractivity contribution in [3.63, 3.8) is 0 Å². The molecule has 1 aliphatic heterocycles. The van der Waals surface area contributed by atoms with E-state index in [0.29, 0.717) is 0 Å². The molecule has 18 heavy (non-hydrogen) atoms. The van der Waals surface area contributed by atoms with E-state index in [1.165, 1.54) is 32.7 Å². The van der Waals surface area contributed by atoms with Crippen LogP contribution in [0.5, 0.6) is 0 Å². The maximum atomic E-state index is 5.71. The zero-order valence-electron chi connectivity index (χ0n) is 11.1. The zero-order chi connectivity index (χ0) is 10.4. The molecule has 2 N–H and O–H groups in total. The predicted molar refractivity (Wildman–Crippen MR) is 87.5 cm³/mol. The molecule has 0 aliphatic carbocycles. The summed E-state index contributed by atoms with van der Waals surface area (Å²) >= 11 is 5.71. The van der Waals surface area contributed by atoms with Crippen LogP contribution < -0.4 is 0 Å². The molecule has 0 unspecified atom stereocenters. The fourth-order valence-electron chi connectivity index (χ4n) is 1.70. The number of likely N-dealkylation sites (N-methyl/N-ethyl adjacent to an activating group) is 1. The highest BCUT2D eigenvalue weighted by Gasteiger charge is 2.15. The van der Waals surface area contributed by atoms with Crippen LogP contribution in [0.25, 0.3) is 0 Å². The minimum absolute atomic E-state index is 0. The first-order chi connectivity index (χ1) is 6.72. The van der Waals surface area contributed by atoms with Gasteiger partial charge in [-0.1, -0.05) is 0 Å². The van der Waals surface area contributed by atoms with Gasteiger partial charge in [-0.25, -0.2) is 0 Å². The number of hydrogen-bond donors (Lipinski definition) is 0. The minimum atomic E-state index is 0. The summed E-state index contributed by atoms with van der Waals surface area (Å²) in [6.45, 7) is 8.16. The number of rotatable bonds is 5. The normalized spacial score (nSPS) is 16.0. The van der Waals surface area contributed by atoms with Crippen molar-refractivity contribution in [2.75, 3.05) is 65.8 Å². The summed E-state index contributed by atoms with van der Waals surface area (Å²) in [4.78, 5) is 7.22. The number of piperazine rings is 1. The molecule has 1 rings (SSSR count). The topological polar surface area (TPSA) is 41.2 Å². The second kappa shape index (κ2) is 16.1. The number of hydrogen-bond acceptors (Lipinski definition) is 3. The van der Waals surface area contributed by atoms with E-state index in [1.54, 1.807) is 0 Å². The van der Waals surface area contributed by atoms with E-state index >= 15 is 0 Å². The third-order valence-electron chi connectivity index (χ3n) is 2.73. The number of nitrogens with zero attached hydrogens (tertiary/aromatic N) is 3. The van der Waals surface area contributed by atoms with Crippen LogP contribution in [0.3, 0.4) is 0 Å². The van der Waals surface area contributed by atoms with Gasteiger partial charge < -0.3 is 10.4 Å². The molecule has 0 aromatic heterocycles. The molecule has 116 valence electrons. The van der Waals surface area contributed by atoms with Crippen LogP contribution in [0.1, 0.15) is 0 Å². The van der Waals surface area contributed by atoms with E-state index in [4.69, 9.17) is 11.6 Å². The first kappa shape index (κ1) is 27.4. The zero-order valence-corrected chi connectivity index (χ0v) is 14.3. The smallest absolute Gasteiger partial charge is 0.0351 e. The molecule has 8 heteroatoms. The Morgan fingerprint density at radius 1 is 0.889 bits per heavy atom. The van der Waals surface area contributed by atoms with Crippen molar-refractivity contribution in [3.05, 3.63) is 0 Å². The van der Waals surface area contributed by atoms with Gasteiger partial charge in [-0.3, -0.25) is 9.80 Å². The maximum Gasteiger partial charge on any atom is 0.0351 e. The summed E-state index contributed by atoms with van der Waals surface area (Å²) < 4.78 is 0. The van der Waals surface area contributed by atoms with Crippen molar-refractivity contribution in [1.29, 1.82) is 0 Å². The van der Waals surface area contributed by atoms with Crippen molar-refractivity contribution in [1.82, 2.24) is 14.7 Å². The summed E-state index contributed by atoms with van der Waals surface area (Å²) in [6, 6.07) is 0. The van der Waals surface area contributed by atoms with E-state index in [1.807, 2.05) is 0 Å². The molecule has 0 saturated carbocycles. The molecule has 0 amide bonds. The minimum Gasteiger partial charge on any atom is -0.412 e. The van der Waals surface area contributed by atoms with E-state index in [-0.39, 0.29) is 42.7 Å². The van der Waals surface area contributed by atoms with Crippen molar-refractivity contribution < 1.29 is 5.48 Å². The van der Waals surface area contributed by atoms with Crippen LogP contribution in [-0.2, 0) is 0 Å². The fourth-order valence-corrected chi connectivity index (χ4v) is 1.94. The SMILES string of the molecule is CN(C)CCN1CCN(CCCl)CC1.Cl.Cl.Cl.O. The predicted octanol–water partition coefficient (Wildman–Crippen LogP) is 0.845. The lowest BCUT2D eigenvalue weighted by molar-refractivity contribution is 0.130. The van der Waals surface area contributed by atoms with Gasteiger partial charge in [-0.2, -0.15) is 0 Å². The lowest BCUT2D eigenvalue weighted by atomic mass is 10.3. The summed E-state index contributed by atoms with van der Waals surface area (Å²) in [5, 5.41) is 0. The molecule has 4 nitrogen and oxygen atoms in total. The van der Waals surface area contributed by atoms with Crippen molar-refractivity contribution in [3.8, 4) is 0 Å². The van der Waals surface area contributed by atoms with Gasteiger partial charge in [0.2, 0.25) is 0 Å². The first-order valence-electron chi connectivity index (χ1n) is 5.38. The quantitative estimate of drug-likeness (QED) is 0.693. The average Bonchev–Trinajstić information content (AvgIpc) is 2.17. The molecule has 0 aromatic carbocycles. The Balaban J connectivity index is -0.000000245. The van der Waals surface area contributed by atoms with E-state index < -0.39 is 0 Å². The van der Waals surface area contributed by atoms with Crippen LogP contribution in [0.4, 0.5) is 0 Å². The first-order valence-corrected chi connectivity index (χ1v) is 5.91. The second-order valence-corrected chi connectivity index (χ2v) is 4.55. The lowest BCUT2D eigenvalue weighted by Crippen LogP contribution is -2.48. The molecule has 0 radical (unpaired) electrons. The van der Waals surface area contributed by atoms with Gasteiger partial charge in [0.25, 0.3) is 0 Å². The van der Waals surface area contributed by atoms with Crippen LogP contribution in [0.15, 0.2) is 0 Å². The van der Waals surface area contributed by atoms with E-state index in [9.17, 15) is 0 Å². The molecule has 1 aliphatic rings. The lowest BCUT2D eigenvalue weighted by Gasteiger charge is -2.34. The van der Waals surface area contributed by atoms with Crippen molar-refractivity contribution in [2.24, 2.45) is 0 Å². The van der Waals surface area contributed by atoms with Gasteiger partial charge in [0.1, 0.15) is 0 Å². The second-order valence-electron chi connectivity index (χ2n) is 4.18. The Kier molecular flexibility index (Phi) is 24.4. The fraction of sp³-hybridized carbons (Fsp3) is 1.00. The van der Waals surface area contributed by atoms with Crippen LogP contribution in [-0.4, -0.2) is 86.0 Å². The molecule has 1 fully saturated rings. The number of halogens is 4. The van der Waals surface area contributed by atoms with Crippen LogP contribution >= 0.6 is 48.8 Å². The Morgan fingerprint density at radius 2 is 1.28 bits per heavy atom. The van der Waals surface area contributed by atoms with Gasteiger partial charge in [0.15, 0.2) is 0 Å². The Labute approximate surface area is 135 Å². The summed E-state index contributed by atoms with van der Waals surface area (Å²) in [5.41, 5.74) is 0. The van der Waals surface area contributed by atoms with Crippen molar-refractivity contribution in [2.45, 2.75) is 0 Å². The Morgan fingerprint density at radius 3 is 1.61 bits per heavy atom. The molecule has 0 spiro atoms. The Bertz CT molecular complexity index is 158. The highest BCUT2D eigenvalue weighted by atomic mass is 35.5. The summed E-state index contributed by atoms with van der Waals surface area (Å²) in [5.74, 6) is 0.762. The molecule has 0 bridgehead atoms. The molecule has 1 heterocycles. The highest BCUT2D eigenvalue weighted by molar-refractivity contribution is 6.18. The van der Waals surface area contributed by atoms with E-state index in [0.717, 1.165) is 19.0 Å². The van der Waals surface area contributed by atoms with Gasteiger partial charge in [0.05, 0.1) is 0 Å². The van der Waals surface area contributed by atoms with Crippen LogP contribution in [0.2, 0.25) is 0 Å². The highest BCUT2D eigenvalue weighted by Crippen LogP contribution is 2.01. The van der Waals surface area contributed by atoms with E-state index in [2.05, 4.69) is 28.8 Å². The third kappa shape index (κ3) is 12.1. The standard InChI is InChI=1S/C10H22ClN3.3ClH.H2O/c1-12(2)5-6-14-9-7-13(4-3-11)8-10-14;;;;/h3-10H2,1-2H3;3*1H;1H2. The largest absolute Gasteiger partial charge is 0.412 e.